The van der Waals surface area contributed by atoms with Gasteiger partial charge in [0.25, 0.3) is 5.56 Å². The van der Waals surface area contributed by atoms with Crippen LogP contribution in [0.3, 0.4) is 0 Å². The molecule has 29 heavy (non-hydrogen) atoms. The number of aromatic nitrogens is 1. The highest BCUT2D eigenvalue weighted by molar-refractivity contribution is 5.80. The average molecular weight is 394 g/mol. The summed E-state index contributed by atoms with van der Waals surface area (Å²) >= 11 is 0. The number of aliphatic hydroxyl groups excluding tert-OH is 1. The number of likely N-dealkylation sites (tertiary alicyclic amines) is 1. The fourth-order valence-electron chi connectivity index (χ4n) is 4.09. The summed E-state index contributed by atoms with van der Waals surface area (Å²) in [4.78, 5) is 29.3. The second-order valence-electron chi connectivity index (χ2n) is 7.64. The van der Waals surface area contributed by atoms with Crippen molar-refractivity contribution in [1.29, 1.82) is 0 Å². The number of halogens is 1. The second-order valence-corrected chi connectivity index (χ2v) is 7.64. The largest absolute Gasteiger partial charge is 0.393 e. The summed E-state index contributed by atoms with van der Waals surface area (Å²) in [5.41, 5.74) is -0.0228. The molecule has 2 heterocycles. The molecule has 1 fully saturated rings. The molecule has 2 N–H and O–H groups in total. The van der Waals surface area contributed by atoms with Crippen LogP contribution < -0.4 is 5.56 Å². The quantitative estimate of drug-likeness (QED) is 0.699. The van der Waals surface area contributed by atoms with Crippen molar-refractivity contribution in [1.82, 2.24) is 9.88 Å². The molecule has 4 rings (SSSR count). The van der Waals surface area contributed by atoms with E-state index in [0.29, 0.717) is 5.56 Å². The highest BCUT2D eigenvalue weighted by atomic mass is 19.1. The van der Waals surface area contributed by atoms with E-state index in [4.69, 9.17) is 0 Å². The van der Waals surface area contributed by atoms with Gasteiger partial charge in [-0.2, -0.15) is 0 Å². The Bertz CT molecular complexity index is 1080. The molecule has 2 unspecified atom stereocenters. The Morgan fingerprint density at radius 2 is 1.90 bits per heavy atom. The Labute approximate surface area is 167 Å². The van der Waals surface area contributed by atoms with Crippen molar-refractivity contribution in [2.24, 2.45) is 0 Å². The first-order chi connectivity index (χ1) is 14.0. The SMILES string of the molecule is O=C(CCc1cc2ccccc2[nH]c1=O)N1CC(c2ccccc2)C(F)(CO)C1. The molecular formula is C23H23FN2O3. The van der Waals surface area contributed by atoms with Crippen LogP contribution in [0.4, 0.5) is 4.39 Å². The third-order valence-electron chi connectivity index (χ3n) is 5.74. The van der Waals surface area contributed by atoms with E-state index >= 15 is 4.39 Å². The van der Waals surface area contributed by atoms with Gasteiger partial charge in [-0.25, -0.2) is 4.39 Å². The lowest BCUT2D eigenvalue weighted by molar-refractivity contribution is -0.130. The number of alkyl halides is 1. The third-order valence-corrected chi connectivity index (χ3v) is 5.74. The molecule has 2 atom stereocenters. The van der Waals surface area contributed by atoms with Crippen molar-refractivity contribution < 1.29 is 14.3 Å². The van der Waals surface area contributed by atoms with Crippen molar-refractivity contribution in [3.05, 3.63) is 82.1 Å². The molecule has 1 saturated heterocycles. The molecule has 1 aromatic heterocycles. The number of rotatable bonds is 5. The van der Waals surface area contributed by atoms with E-state index < -0.39 is 18.2 Å². The minimum Gasteiger partial charge on any atom is -0.393 e. The van der Waals surface area contributed by atoms with E-state index in [9.17, 15) is 14.7 Å². The number of hydrogen-bond donors (Lipinski definition) is 2. The number of nitrogens with one attached hydrogen (secondary N) is 1. The van der Waals surface area contributed by atoms with Crippen molar-refractivity contribution in [3.63, 3.8) is 0 Å². The summed E-state index contributed by atoms with van der Waals surface area (Å²) in [6.07, 6.45) is 0.397. The van der Waals surface area contributed by atoms with Crippen molar-refractivity contribution >= 4 is 16.8 Å². The van der Waals surface area contributed by atoms with E-state index in [-0.39, 0.29) is 37.4 Å². The van der Waals surface area contributed by atoms with Crippen LogP contribution in [0, 0.1) is 0 Å². The zero-order valence-corrected chi connectivity index (χ0v) is 16.0. The number of carbonyl (C=O) groups excluding carboxylic acids is 1. The molecule has 2 aromatic carbocycles. The number of hydrogen-bond acceptors (Lipinski definition) is 3. The number of fused-ring (bicyclic) bond motifs is 1. The summed E-state index contributed by atoms with van der Waals surface area (Å²) in [5.74, 6) is -0.784. The minimum absolute atomic E-state index is 0.116. The van der Waals surface area contributed by atoms with E-state index in [0.717, 1.165) is 16.5 Å². The molecule has 1 aliphatic rings. The summed E-state index contributed by atoms with van der Waals surface area (Å²) in [5, 5.41) is 10.5. The minimum atomic E-state index is -1.86. The fraction of sp³-hybridized carbons (Fsp3) is 0.304. The lowest BCUT2D eigenvalue weighted by atomic mass is 9.87. The van der Waals surface area contributed by atoms with E-state index in [1.807, 2.05) is 54.6 Å². The van der Waals surface area contributed by atoms with Crippen LogP contribution in [0.1, 0.15) is 23.5 Å². The van der Waals surface area contributed by atoms with Gasteiger partial charge in [0.05, 0.1) is 13.2 Å². The number of carbonyl (C=O) groups is 1. The third kappa shape index (κ3) is 3.80. The topological polar surface area (TPSA) is 73.4 Å². The number of benzene rings is 2. The van der Waals surface area contributed by atoms with Gasteiger partial charge in [0.15, 0.2) is 5.67 Å². The highest BCUT2D eigenvalue weighted by Gasteiger charge is 2.48. The Morgan fingerprint density at radius 3 is 2.66 bits per heavy atom. The molecule has 0 bridgehead atoms. The lowest BCUT2D eigenvalue weighted by Gasteiger charge is -2.23. The molecule has 1 amide bonds. The number of aryl methyl sites for hydroxylation is 1. The van der Waals surface area contributed by atoms with Crippen LogP contribution in [0.5, 0.6) is 0 Å². The Kier molecular flexibility index (Phi) is 5.20. The monoisotopic (exact) mass is 394 g/mol. The van der Waals surface area contributed by atoms with Crippen molar-refractivity contribution in [3.8, 4) is 0 Å². The number of para-hydroxylation sites is 1. The highest BCUT2D eigenvalue weighted by Crippen LogP contribution is 2.39. The molecular weight excluding hydrogens is 371 g/mol. The second kappa shape index (κ2) is 7.79. The molecule has 0 spiro atoms. The number of aromatic amines is 1. The van der Waals surface area contributed by atoms with Crippen LogP contribution in [-0.4, -0.2) is 46.3 Å². The van der Waals surface area contributed by atoms with Gasteiger partial charge in [0, 0.05) is 30.0 Å². The number of H-pyrrole nitrogens is 1. The smallest absolute Gasteiger partial charge is 0.251 e. The summed E-state index contributed by atoms with van der Waals surface area (Å²) in [6.45, 7) is -0.565. The van der Waals surface area contributed by atoms with Crippen LogP contribution in [0.15, 0.2) is 65.5 Å². The first kappa shape index (κ1) is 19.3. The lowest BCUT2D eigenvalue weighted by Crippen LogP contribution is -2.37. The summed E-state index contributed by atoms with van der Waals surface area (Å²) in [7, 11) is 0. The molecule has 3 aromatic rings. The number of nitrogens with zero attached hydrogens (tertiary/aromatic N) is 1. The van der Waals surface area contributed by atoms with Crippen LogP contribution in [0.2, 0.25) is 0 Å². The van der Waals surface area contributed by atoms with E-state index in [2.05, 4.69) is 4.98 Å². The van der Waals surface area contributed by atoms with E-state index in [1.54, 1.807) is 6.07 Å². The van der Waals surface area contributed by atoms with Crippen LogP contribution in [0.25, 0.3) is 10.9 Å². The van der Waals surface area contributed by atoms with Crippen LogP contribution in [-0.2, 0) is 11.2 Å². The Morgan fingerprint density at radius 1 is 1.17 bits per heavy atom. The predicted octanol–water partition coefficient (Wildman–Crippen LogP) is 2.79. The molecule has 6 heteroatoms. The summed E-state index contributed by atoms with van der Waals surface area (Å²) in [6, 6.07) is 18.4. The first-order valence-electron chi connectivity index (χ1n) is 9.73. The number of pyridine rings is 1. The molecule has 0 saturated carbocycles. The fourth-order valence-corrected chi connectivity index (χ4v) is 4.09. The molecule has 5 nitrogen and oxygen atoms in total. The number of aliphatic hydroxyl groups is 1. The van der Waals surface area contributed by atoms with Gasteiger partial charge in [-0.3, -0.25) is 9.59 Å². The van der Waals surface area contributed by atoms with Crippen molar-refractivity contribution in [2.75, 3.05) is 19.7 Å². The Balaban J connectivity index is 1.48. The number of amides is 1. The average Bonchev–Trinajstić information content (AvgIpc) is 3.11. The maximum atomic E-state index is 15.3. The van der Waals surface area contributed by atoms with Gasteiger partial charge >= 0.3 is 0 Å². The van der Waals surface area contributed by atoms with Gasteiger partial charge in [0.2, 0.25) is 5.91 Å². The summed E-state index contributed by atoms with van der Waals surface area (Å²) < 4.78 is 15.3. The molecule has 0 aliphatic carbocycles. The van der Waals surface area contributed by atoms with Gasteiger partial charge in [-0.15, -0.1) is 0 Å². The zero-order valence-electron chi connectivity index (χ0n) is 16.0. The maximum Gasteiger partial charge on any atom is 0.251 e. The van der Waals surface area contributed by atoms with Crippen LogP contribution >= 0.6 is 0 Å². The molecule has 150 valence electrons. The maximum absolute atomic E-state index is 15.3. The predicted molar refractivity (Wildman–Crippen MR) is 110 cm³/mol. The Hall–Kier alpha value is -2.99. The van der Waals surface area contributed by atoms with Gasteiger partial charge in [-0.05, 0) is 29.5 Å². The van der Waals surface area contributed by atoms with Gasteiger partial charge in [-0.1, -0.05) is 48.5 Å². The first-order valence-corrected chi connectivity index (χ1v) is 9.73. The zero-order chi connectivity index (χ0) is 20.4. The van der Waals surface area contributed by atoms with E-state index in [1.165, 1.54) is 4.90 Å². The molecule has 1 aliphatic heterocycles. The van der Waals surface area contributed by atoms with Crippen molar-refractivity contribution in [2.45, 2.75) is 24.4 Å². The molecule has 0 radical (unpaired) electrons. The standard InChI is InChI=1S/C23H23FN2O3/c24-23(15-27)14-26(13-19(23)16-6-2-1-3-7-16)21(28)11-10-18-12-17-8-4-5-9-20(17)25-22(18)29/h1-9,12,19,27H,10-11,13-15H2,(H,25,29). The normalized spacial score (nSPS) is 21.6. The van der Waals surface area contributed by atoms with Gasteiger partial charge in [0.1, 0.15) is 0 Å². The van der Waals surface area contributed by atoms with Gasteiger partial charge < -0.3 is 15.0 Å².